The minimum atomic E-state index is -1.03. The fraction of sp³-hybridized carbons (Fsp3) is 0.417. The molecule has 0 aromatic heterocycles. The molecule has 0 saturated heterocycles. The molecule has 0 heterocycles. The van der Waals surface area contributed by atoms with Crippen molar-refractivity contribution in [2.45, 2.75) is 30.7 Å². The Morgan fingerprint density at radius 1 is 1.41 bits per heavy atom. The number of carboxylic acids is 1. The topological polar surface area (TPSA) is 63.3 Å². The van der Waals surface area contributed by atoms with E-state index in [9.17, 15) is 4.79 Å². The van der Waals surface area contributed by atoms with Crippen molar-refractivity contribution in [2.24, 2.45) is 5.73 Å². The summed E-state index contributed by atoms with van der Waals surface area (Å²) < 4.78 is 1.03. The number of hydrogen-bond acceptors (Lipinski definition) is 2. The van der Waals surface area contributed by atoms with Crippen LogP contribution in [-0.4, -0.2) is 16.6 Å². The minimum absolute atomic E-state index is 0. The van der Waals surface area contributed by atoms with Crippen molar-refractivity contribution in [1.29, 1.82) is 0 Å². The Balaban J connectivity index is 0.00000144. The van der Waals surface area contributed by atoms with Gasteiger partial charge in [-0.2, -0.15) is 0 Å². The number of carboxylic acid groups (broad SMARTS) is 1. The molecule has 1 saturated carbocycles. The molecule has 0 spiro atoms. The number of carbonyl (C=O) groups is 1. The summed E-state index contributed by atoms with van der Waals surface area (Å²) in [6.45, 7) is 0. The first-order chi connectivity index (χ1) is 7.51. The fourth-order valence-electron chi connectivity index (χ4n) is 2.29. The predicted octanol–water partition coefficient (Wildman–Crippen LogP) is 2.92. The minimum Gasteiger partial charge on any atom is -0.480 e. The summed E-state index contributed by atoms with van der Waals surface area (Å²) in [7, 11) is 0. The summed E-state index contributed by atoms with van der Waals surface area (Å²) in [5.41, 5.74) is 6.00. The number of rotatable bonds is 2. The van der Waals surface area contributed by atoms with E-state index in [0.29, 0.717) is 12.8 Å². The molecule has 3 N–H and O–H groups in total. The molecule has 17 heavy (non-hydrogen) atoms. The highest BCUT2D eigenvalue weighted by Gasteiger charge is 2.42. The van der Waals surface area contributed by atoms with E-state index in [1.807, 2.05) is 24.3 Å². The van der Waals surface area contributed by atoms with Gasteiger partial charge in [-0.15, -0.1) is 12.4 Å². The number of hydrogen-bond donors (Lipinski definition) is 2. The van der Waals surface area contributed by atoms with Crippen molar-refractivity contribution in [3.8, 4) is 0 Å². The number of benzene rings is 1. The van der Waals surface area contributed by atoms with E-state index in [1.165, 1.54) is 5.56 Å². The van der Waals surface area contributed by atoms with Crippen LogP contribution in [-0.2, 0) is 4.79 Å². The second-order valence-corrected chi connectivity index (χ2v) is 5.37. The Kier molecular flexibility index (Phi) is 4.58. The van der Waals surface area contributed by atoms with Gasteiger partial charge in [-0.25, -0.2) is 0 Å². The average molecular weight is 321 g/mol. The Labute approximate surface area is 115 Å². The monoisotopic (exact) mass is 319 g/mol. The second kappa shape index (κ2) is 5.38. The van der Waals surface area contributed by atoms with Gasteiger partial charge in [-0.3, -0.25) is 4.79 Å². The van der Waals surface area contributed by atoms with Gasteiger partial charge in [0.25, 0.3) is 0 Å². The van der Waals surface area contributed by atoms with Crippen molar-refractivity contribution in [1.82, 2.24) is 0 Å². The van der Waals surface area contributed by atoms with E-state index in [1.54, 1.807) is 0 Å². The molecular formula is C12H15BrClNO2. The average Bonchev–Trinajstić information content (AvgIpc) is 2.63. The van der Waals surface area contributed by atoms with E-state index in [-0.39, 0.29) is 18.3 Å². The summed E-state index contributed by atoms with van der Waals surface area (Å²) in [5.74, 6) is -0.610. The third-order valence-corrected chi connectivity index (χ3v) is 3.85. The van der Waals surface area contributed by atoms with Crippen molar-refractivity contribution < 1.29 is 9.90 Å². The third kappa shape index (κ3) is 3.00. The van der Waals surface area contributed by atoms with Crippen LogP contribution in [0.25, 0.3) is 0 Å². The van der Waals surface area contributed by atoms with Crippen molar-refractivity contribution in [2.75, 3.05) is 0 Å². The maximum atomic E-state index is 11.0. The zero-order valence-electron chi connectivity index (χ0n) is 9.23. The summed E-state index contributed by atoms with van der Waals surface area (Å²) in [6, 6.07) is 8.02. The molecule has 94 valence electrons. The maximum absolute atomic E-state index is 11.0. The molecule has 1 fully saturated rings. The van der Waals surface area contributed by atoms with Gasteiger partial charge in [0, 0.05) is 4.47 Å². The van der Waals surface area contributed by atoms with Crippen LogP contribution in [0.15, 0.2) is 28.7 Å². The first-order valence-corrected chi connectivity index (χ1v) is 6.08. The predicted molar refractivity (Wildman–Crippen MR) is 72.5 cm³/mol. The Morgan fingerprint density at radius 3 is 2.47 bits per heavy atom. The van der Waals surface area contributed by atoms with E-state index < -0.39 is 11.5 Å². The molecule has 1 aliphatic rings. The molecule has 2 rings (SSSR count). The fourth-order valence-corrected chi connectivity index (χ4v) is 2.55. The molecule has 0 unspecified atom stereocenters. The SMILES string of the molecule is Cl.N[C@]1(C(=O)O)CC[C@@H](c2ccc(Br)cc2)C1. The first kappa shape index (κ1) is 14.5. The van der Waals surface area contributed by atoms with Crippen molar-refractivity contribution >= 4 is 34.3 Å². The lowest BCUT2D eigenvalue weighted by atomic mass is 9.93. The molecule has 0 aliphatic heterocycles. The van der Waals surface area contributed by atoms with Crippen LogP contribution in [0.1, 0.15) is 30.7 Å². The van der Waals surface area contributed by atoms with Crippen LogP contribution >= 0.6 is 28.3 Å². The highest BCUT2D eigenvalue weighted by atomic mass is 79.9. The van der Waals surface area contributed by atoms with Gasteiger partial charge in [-0.05, 0) is 42.9 Å². The van der Waals surface area contributed by atoms with Gasteiger partial charge >= 0.3 is 5.97 Å². The van der Waals surface area contributed by atoms with E-state index in [2.05, 4.69) is 15.9 Å². The highest BCUT2D eigenvalue weighted by molar-refractivity contribution is 9.10. The highest BCUT2D eigenvalue weighted by Crippen LogP contribution is 2.39. The van der Waals surface area contributed by atoms with Gasteiger partial charge in [0.15, 0.2) is 0 Å². The van der Waals surface area contributed by atoms with Crippen LogP contribution in [0.2, 0.25) is 0 Å². The first-order valence-electron chi connectivity index (χ1n) is 5.29. The second-order valence-electron chi connectivity index (χ2n) is 4.45. The quantitative estimate of drug-likeness (QED) is 0.880. The van der Waals surface area contributed by atoms with Gasteiger partial charge in [0.05, 0.1) is 0 Å². The molecule has 3 nitrogen and oxygen atoms in total. The summed E-state index contributed by atoms with van der Waals surface area (Å²) >= 11 is 3.38. The molecular weight excluding hydrogens is 305 g/mol. The summed E-state index contributed by atoms with van der Waals surface area (Å²) in [6.07, 6.45) is 1.94. The molecule has 2 atom stereocenters. The third-order valence-electron chi connectivity index (χ3n) is 3.32. The number of aliphatic carboxylic acids is 1. The van der Waals surface area contributed by atoms with Crippen LogP contribution < -0.4 is 5.73 Å². The Bertz CT molecular complexity index is 409. The molecule has 1 aliphatic carbocycles. The Morgan fingerprint density at radius 2 is 2.00 bits per heavy atom. The molecule has 1 aromatic carbocycles. The lowest BCUT2D eigenvalue weighted by Gasteiger charge is -2.18. The lowest BCUT2D eigenvalue weighted by Crippen LogP contribution is -2.45. The van der Waals surface area contributed by atoms with Crippen LogP contribution in [0.4, 0.5) is 0 Å². The van der Waals surface area contributed by atoms with E-state index >= 15 is 0 Å². The number of halogens is 2. The molecule has 0 amide bonds. The van der Waals surface area contributed by atoms with E-state index in [4.69, 9.17) is 10.8 Å². The zero-order valence-corrected chi connectivity index (χ0v) is 11.6. The van der Waals surface area contributed by atoms with Crippen molar-refractivity contribution in [3.63, 3.8) is 0 Å². The molecule has 5 heteroatoms. The standard InChI is InChI=1S/C12H14BrNO2.ClH/c13-10-3-1-8(2-4-10)9-5-6-12(14,7-9)11(15)16;/h1-4,9H,5-7,14H2,(H,15,16);1H/t9-,12-;/m1./s1. The molecule has 1 aromatic rings. The molecule has 0 radical (unpaired) electrons. The molecule has 0 bridgehead atoms. The van der Waals surface area contributed by atoms with Crippen LogP contribution in [0.3, 0.4) is 0 Å². The summed E-state index contributed by atoms with van der Waals surface area (Å²) in [4.78, 5) is 11.0. The van der Waals surface area contributed by atoms with Crippen molar-refractivity contribution in [3.05, 3.63) is 34.3 Å². The van der Waals surface area contributed by atoms with Crippen LogP contribution in [0, 0.1) is 0 Å². The van der Waals surface area contributed by atoms with E-state index in [0.717, 1.165) is 10.9 Å². The van der Waals surface area contributed by atoms with Gasteiger partial charge in [-0.1, -0.05) is 28.1 Å². The number of nitrogens with two attached hydrogens (primary N) is 1. The Hall–Kier alpha value is -0.580. The lowest BCUT2D eigenvalue weighted by molar-refractivity contribution is -0.143. The maximum Gasteiger partial charge on any atom is 0.323 e. The van der Waals surface area contributed by atoms with Crippen LogP contribution in [0.5, 0.6) is 0 Å². The smallest absolute Gasteiger partial charge is 0.323 e. The normalized spacial score (nSPS) is 27.5. The largest absolute Gasteiger partial charge is 0.480 e. The van der Waals surface area contributed by atoms with Gasteiger partial charge < -0.3 is 10.8 Å². The summed E-state index contributed by atoms with van der Waals surface area (Å²) in [5, 5.41) is 9.05. The van der Waals surface area contributed by atoms with Gasteiger partial charge in [0.2, 0.25) is 0 Å². The van der Waals surface area contributed by atoms with Gasteiger partial charge in [0.1, 0.15) is 5.54 Å². The zero-order chi connectivity index (χ0) is 11.8.